The number of hydrogen-bond donors (Lipinski definition) is 6. The molecule has 1 aliphatic rings. The molecule has 29 heavy (non-hydrogen) atoms. The number of carboxylic acids is 1. The van der Waals surface area contributed by atoms with Gasteiger partial charge in [0, 0.05) is 13.0 Å². The standard InChI is InChI=1S/C17H29N5O7/c1-8(16(27)22-7-3-4-11(22)17(28)29)20-14(25)10(5-6-12(18)24)21-15(26)13(19)9(2)23/h8-11,13,23H,3-7,19H2,1-2H3,(H2,18,24)(H,20,25)(H,21,26)(H,28,29). The minimum Gasteiger partial charge on any atom is -0.480 e. The number of nitrogens with one attached hydrogen (secondary N) is 2. The van der Waals surface area contributed by atoms with Gasteiger partial charge in [-0.15, -0.1) is 0 Å². The monoisotopic (exact) mass is 415 g/mol. The van der Waals surface area contributed by atoms with Crippen LogP contribution in [0.2, 0.25) is 0 Å². The maximum absolute atomic E-state index is 12.6. The van der Waals surface area contributed by atoms with E-state index in [4.69, 9.17) is 11.5 Å². The molecule has 1 rings (SSSR count). The second-order valence-corrected chi connectivity index (χ2v) is 7.09. The number of likely N-dealkylation sites (tertiary alicyclic amines) is 1. The molecule has 12 nitrogen and oxygen atoms in total. The zero-order chi connectivity index (χ0) is 22.3. The van der Waals surface area contributed by atoms with E-state index in [-0.39, 0.29) is 19.4 Å². The normalized spacial score (nSPS) is 20.3. The van der Waals surface area contributed by atoms with E-state index < -0.39 is 59.9 Å². The average Bonchev–Trinajstić information content (AvgIpc) is 3.13. The molecule has 5 atom stereocenters. The number of rotatable bonds is 10. The van der Waals surface area contributed by atoms with Crippen LogP contribution in [0.3, 0.4) is 0 Å². The average molecular weight is 415 g/mol. The highest BCUT2D eigenvalue weighted by Gasteiger charge is 2.37. The number of aliphatic hydroxyl groups excluding tert-OH is 1. The Labute approximate surface area is 168 Å². The second-order valence-electron chi connectivity index (χ2n) is 7.09. The molecule has 0 radical (unpaired) electrons. The molecule has 0 aromatic carbocycles. The fraction of sp³-hybridized carbons (Fsp3) is 0.706. The summed E-state index contributed by atoms with van der Waals surface area (Å²) in [5, 5.41) is 23.4. The van der Waals surface area contributed by atoms with E-state index in [0.29, 0.717) is 12.8 Å². The number of amides is 4. The molecule has 164 valence electrons. The Morgan fingerprint density at radius 1 is 1.14 bits per heavy atom. The molecular weight excluding hydrogens is 386 g/mol. The van der Waals surface area contributed by atoms with Gasteiger partial charge in [-0.3, -0.25) is 19.2 Å². The Kier molecular flexibility index (Phi) is 8.98. The van der Waals surface area contributed by atoms with Crippen molar-refractivity contribution in [1.29, 1.82) is 0 Å². The lowest BCUT2D eigenvalue weighted by molar-refractivity contribution is -0.149. The van der Waals surface area contributed by atoms with Gasteiger partial charge in [-0.1, -0.05) is 0 Å². The van der Waals surface area contributed by atoms with Crippen LogP contribution < -0.4 is 22.1 Å². The highest BCUT2D eigenvalue weighted by atomic mass is 16.4. The topological polar surface area (TPSA) is 205 Å². The molecule has 0 aromatic rings. The van der Waals surface area contributed by atoms with E-state index in [9.17, 15) is 34.2 Å². The fourth-order valence-electron chi connectivity index (χ4n) is 2.95. The quantitative estimate of drug-likeness (QED) is 0.217. The Hall–Kier alpha value is -2.73. The number of carbonyl (C=O) groups is 5. The Morgan fingerprint density at radius 2 is 1.76 bits per heavy atom. The van der Waals surface area contributed by atoms with Crippen LogP contribution in [0.5, 0.6) is 0 Å². The summed E-state index contributed by atoms with van der Waals surface area (Å²) in [5.41, 5.74) is 10.6. The number of hydrogen-bond acceptors (Lipinski definition) is 7. The maximum Gasteiger partial charge on any atom is 0.326 e. The molecule has 0 bridgehead atoms. The van der Waals surface area contributed by atoms with Crippen LogP contribution in [0.15, 0.2) is 0 Å². The molecule has 0 saturated carbocycles. The van der Waals surface area contributed by atoms with Crippen LogP contribution in [-0.2, 0) is 24.0 Å². The maximum atomic E-state index is 12.6. The van der Waals surface area contributed by atoms with E-state index in [2.05, 4.69) is 10.6 Å². The zero-order valence-corrected chi connectivity index (χ0v) is 16.5. The molecule has 12 heteroatoms. The van der Waals surface area contributed by atoms with Gasteiger partial charge >= 0.3 is 5.97 Å². The van der Waals surface area contributed by atoms with Crippen LogP contribution in [0.1, 0.15) is 39.5 Å². The van der Waals surface area contributed by atoms with Crippen LogP contribution in [0, 0.1) is 0 Å². The highest BCUT2D eigenvalue weighted by molar-refractivity contribution is 5.94. The van der Waals surface area contributed by atoms with Crippen LogP contribution in [0.4, 0.5) is 0 Å². The predicted octanol–water partition coefficient (Wildman–Crippen LogP) is -2.97. The third kappa shape index (κ3) is 6.98. The van der Waals surface area contributed by atoms with Crippen LogP contribution >= 0.6 is 0 Å². The lowest BCUT2D eigenvalue weighted by Crippen LogP contribution is -2.57. The van der Waals surface area contributed by atoms with Crippen molar-refractivity contribution in [3.63, 3.8) is 0 Å². The summed E-state index contributed by atoms with van der Waals surface area (Å²) in [6.07, 6.45) is -0.646. The fourth-order valence-corrected chi connectivity index (χ4v) is 2.95. The zero-order valence-electron chi connectivity index (χ0n) is 16.5. The van der Waals surface area contributed by atoms with Crippen LogP contribution in [0.25, 0.3) is 0 Å². The van der Waals surface area contributed by atoms with Crippen molar-refractivity contribution in [2.75, 3.05) is 6.54 Å². The van der Waals surface area contributed by atoms with E-state index in [0.717, 1.165) is 0 Å². The molecule has 0 aromatic heterocycles. The molecular formula is C17H29N5O7. The van der Waals surface area contributed by atoms with E-state index in [1.165, 1.54) is 18.7 Å². The summed E-state index contributed by atoms with van der Waals surface area (Å²) >= 11 is 0. The molecule has 1 saturated heterocycles. The van der Waals surface area contributed by atoms with Gasteiger partial charge in [0.05, 0.1) is 6.10 Å². The molecule has 1 fully saturated rings. The van der Waals surface area contributed by atoms with Crippen molar-refractivity contribution < 1.29 is 34.2 Å². The highest BCUT2D eigenvalue weighted by Crippen LogP contribution is 2.18. The summed E-state index contributed by atoms with van der Waals surface area (Å²) in [6, 6.07) is -4.51. The van der Waals surface area contributed by atoms with Gasteiger partial charge in [0.1, 0.15) is 24.2 Å². The smallest absolute Gasteiger partial charge is 0.326 e. The molecule has 1 aliphatic heterocycles. The molecule has 0 spiro atoms. The van der Waals surface area contributed by atoms with Crippen molar-refractivity contribution in [1.82, 2.24) is 15.5 Å². The second kappa shape index (κ2) is 10.7. The van der Waals surface area contributed by atoms with Gasteiger partial charge in [0.15, 0.2) is 0 Å². The third-order valence-electron chi connectivity index (χ3n) is 4.68. The minimum atomic E-state index is -1.29. The predicted molar refractivity (Wildman–Crippen MR) is 100.0 cm³/mol. The first-order valence-corrected chi connectivity index (χ1v) is 9.31. The number of nitrogens with two attached hydrogens (primary N) is 2. The van der Waals surface area contributed by atoms with Crippen molar-refractivity contribution in [2.24, 2.45) is 11.5 Å². The number of primary amides is 1. The Balaban J connectivity index is 2.81. The molecule has 1 heterocycles. The first-order valence-electron chi connectivity index (χ1n) is 9.31. The first kappa shape index (κ1) is 24.3. The summed E-state index contributed by atoms with van der Waals surface area (Å²) in [4.78, 5) is 60.7. The van der Waals surface area contributed by atoms with Gasteiger partial charge in [-0.2, -0.15) is 0 Å². The number of aliphatic carboxylic acids is 1. The van der Waals surface area contributed by atoms with Crippen molar-refractivity contribution in [3.05, 3.63) is 0 Å². The molecule has 4 amide bonds. The number of aliphatic hydroxyl groups is 1. The Morgan fingerprint density at radius 3 is 2.28 bits per heavy atom. The van der Waals surface area contributed by atoms with Crippen molar-refractivity contribution in [2.45, 2.75) is 69.8 Å². The Bertz CT molecular complexity index is 654. The van der Waals surface area contributed by atoms with Gasteiger partial charge < -0.3 is 37.2 Å². The van der Waals surface area contributed by atoms with E-state index in [1.54, 1.807) is 0 Å². The lowest BCUT2D eigenvalue weighted by Gasteiger charge is -2.27. The number of carboxylic acid groups (broad SMARTS) is 1. The van der Waals surface area contributed by atoms with Gasteiger partial charge in [0.2, 0.25) is 23.6 Å². The number of carbonyl (C=O) groups excluding carboxylic acids is 4. The number of nitrogens with zero attached hydrogens (tertiary/aromatic N) is 1. The van der Waals surface area contributed by atoms with Gasteiger partial charge in [-0.05, 0) is 33.1 Å². The summed E-state index contributed by atoms with van der Waals surface area (Å²) in [7, 11) is 0. The summed E-state index contributed by atoms with van der Waals surface area (Å²) in [6.45, 7) is 2.96. The van der Waals surface area contributed by atoms with Gasteiger partial charge in [-0.25, -0.2) is 4.79 Å². The lowest BCUT2D eigenvalue weighted by atomic mass is 10.1. The summed E-state index contributed by atoms with van der Waals surface area (Å²) in [5.74, 6) is -3.95. The first-order chi connectivity index (χ1) is 13.5. The SMILES string of the molecule is CC(NC(=O)C(CCC(N)=O)NC(=O)C(N)C(C)O)C(=O)N1CCCC1C(=O)O. The summed E-state index contributed by atoms with van der Waals surface area (Å²) < 4.78 is 0. The van der Waals surface area contributed by atoms with Gasteiger partial charge in [0.25, 0.3) is 0 Å². The molecule has 5 unspecified atom stereocenters. The van der Waals surface area contributed by atoms with E-state index >= 15 is 0 Å². The van der Waals surface area contributed by atoms with Crippen molar-refractivity contribution in [3.8, 4) is 0 Å². The van der Waals surface area contributed by atoms with Crippen LogP contribution in [-0.4, -0.2) is 81.5 Å². The minimum absolute atomic E-state index is 0.137. The molecule has 8 N–H and O–H groups in total. The largest absolute Gasteiger partial charge is 0.480 e. The molecule has 0 aliphatic carbocycles. The van der Waals surface area contributed by atoms with Crippen molar-refractivity contribution >= 4 is 29.6 Å². The third-order valence-corrected chi connectivity index (χ3v) is 4.68. The van der Waals surface area contributed by atoms with E-state index in [1.807, 2.05) is 0 Å².